The molecule has 0 aromatic heterocycles. The molecule has 2 aliphatic heterocycles. The second-order valence-electron chi connectivity index (χ2n) is 6.43. The third-order valence-corrected chi connectivity index (χ3v) is 6.53. The lowest BCUT2D eigenvalue weighted by molar-refractivity contribution is -0.135. The van der Waals surface area contributed by atoms with Crippen molar-refractivity contribution in [2.24, 2.45) is 5.73 Å². The Morgan fingerprint density at radius 1 is 1.30 bits per heavy atom. The van der Waals surface area contributed by atoms with Crippen molar-refractivity contribution in [3.8, 4) is 0 Å². The van der Waals surface area contributed by atoms with Crippen molar-refractivity contribution in [3.63, 3.8) is 0 Å². The van der Waals surface area contributed by atoms with Crippen LogP contribution >= 0.6 is 11.8 Å². The van der Waals surface area contributed by atoms with Gasteiger partial charge in [0.1, 0.15) is 11.6 Å². The van der Waals surface area contributed by atoms with Gasteiger partial charge in [0.2, 0.25) is 5.91 Å². The molecule has 6 nitrogen and oxygen atoms in total. The van der Waals surface area contributed by atoms with Gasteiger partial charge in [0, 0.05) is 38.9 Å². The number of likely N-dealkylation sites (tertiary alicyclic amines) is 1. The van der Waals surface area contributed by atoms with Crippen LogP contribution in [0.1, 0.15) is 39.0 Å². The normalized spacial score (nSPS) is 24.4. The molecule has 2 rings (SSSR count). The quantitative estimate of drug-likeness (QED) is 0.732. The number of piperidine rings is 1. The van der Waals surface area contributed by atoms with E-state index in [4.69, 9.17) is 5.73 Å². The third-order valence-electron chi connectivity index (χ3n) is 4.81. The van der Waals surface area contributed by atoms with Gasteiger partial charge in [0.15, 0.2) is 0 Å². The predicted octanol–water partition coefficient (Wildman–Crippen LogP) is 0.639. The van der Waals surface area contributed by atoms with Crippen LogP contribution in [-0.4, -0.2) is 70.6 Å². The number of hydrogen-bond acceptors (Lipinski definition) is 6. The van der Waals surface area contributed by atoms with Crippen LogP contribution in [0.15, 0.2) is 0 Å². The fourth-order valence-electron chi connectivity index (χ4n) is 3.26. The number of carbonyl (C=O) groups excluding carboxylic acids is 3. The summed E-state index contributed by atoms with van der Waals surface area (Å²) in [6.45, 7) is 4.15. The van der Waals surface area contributed by atoms with Gasteiger partial charge in [-0.1, -0.05) is 6.92 Å². The summed E-state index contributed by atoms with van der Waals surface area (Å²) < 4.78 is 0. The summed E-state index contributed by atoms with van der Waals surface area (Å²) in [6, 6.07) is 0. The monoisotopic (exact) mass is 341 g/mol. The highest BCUT2D eigenvalue weighted by Gasteiger charge is 2.52. The van der Waals surface area contributed by atoms with Gasteiger partial charge in [-0.15, -0.1) is 11.8 Å². The first-order valence-electron chi connectivity index (χ1n) is 8.33. The van der Waals surface area contributed by atoms with Gasteiger partial charge >= 0.3 is 0 Å². The SMILES string of the molecule is CCC(=O)CCN1C(=O)C(CC(=O)CN)SC12CCN(C)CC2. The van der Waals surface area contributed by atoms with Crippen molar-refractivity contribution in [2.75, 3.05) is 33.2 Å². The molecule has 23 heavy (non-hydrogen) atoms. The van der Waals surface area contributed by atoms with E-state index in [-0.39, 0.29) is 40.6 Å². The number of nitrogens with zero attached hydrogens (tertiary/aromatic N) is 2. The topological polar surface area (TPSA) is 83.7 Å². The average molecular weight is 341 g/mol. The van der Waals surface area contributed by atoms with Crippen molar-refractivity contribution < 1.29 is 14.4 Å². The van der Waals surface area contributed by atoms with E-state index in [9.17, 15) is 14.4 Å². The zero-order chi connectivity index (χ0) is 17.0. The number of carbonyl (C=O) groups is 3. The molecule has 1 atom stereocenters. The Bertz CT molecular complexity index is 475. The average Bonchev–Trinajstić information content (AvgIpc) is 2.80. The number of rotatable bonds is 7. The van der Waals surface area contributed by atoms with Gasteiger partial charge in [0.25, 0.3) is 0 Å². The lowest BCUT2D eigenvalue weighted by atomic mass is 10.0. The molecule has 1 unspecified atom stereocenters. The summed E-state index contributed by atoms with van der Waals surface area (Å²) in [6.07, 6.45) is 2.87. The standard InChI is InChI=1S/C16H27N3O3S/c1-3-12(20)4-7-19-15(22)14(10-13(21)11-17)23-16(19)5-8-18(2)9-6-16/h14H,3-11,17H2,1-2H3. The first-order chi connectivity index (χ1) is 10.9. The molecule has 2 aliphatic rings. The van der Waals surface area contributed by atoms with E-state index in [1.807, 2.05) is 11.8 Å². The lowest BCUT2D eigenvalue weighted by Gasteiger charge is -2.43. The van der Waals surface area contributed by atoms with Crippen LogP contribution in [0.4, 0.5) is 0 Å². The molecule has 2 saturated heterocycles. The summed E-state index contributed by atoms with van der Waals surface area (Å²) >= 11 is 1.62. The van der Waals surface area contributed by atoms with Crippen LogP contribution in [0.3, 0.4) is 0 Å². The number of nitrogens with two attached hydrogens (primary N) is 1. The molecule has 0 aliphatic carbocycles. The molecule has 2 N–H and O–H groups in total. The van der Waals surface area contributed by atoms with E-state index in [1.165, 1.54) is 0 Å². The molecule has 0 bridgehead atoms. The fourth-order valence-corrected chi connectivity index (χ4v) is 5.01. The number of hydrogen-bond donors (Lipinski definition) is 1. The summed E-state index contributed by atoms with van der Waals surface area (Å²) in [5, 5.41) is -0.341. The summed E-state index contributed by atoms with van der Waals surface area (Å²) in [4.78, 5) is 40.0. The van der Waals surface area contributed by atoms with E-state index in [0.29, 0.717) is 19.4 Å². The molecule has 2 heterocycles. The van der Waals surface area contributed by atoms with Crippen molar-refractivity contribution >= 4 is 29.2 Å². The number of thioether (sulfide) groups is 1. The Morgan fingerprint density at radius 2 is 1.96 bits per heavy atom. The van der Waals surface area contributed by atoms with Crippen molar-refractivity contribution in [3.05, 3.63) is 0 Å². The highest BCUT2D eigenvalue weighted by molar-refractivity contribution is 8.02. The number of Topliss-reactive ketones (excluding diaryl/α,β-unsaturated/α-hetero) is 2. The van der Waals surface area contributed by atoms with Crippen LogP contribution in [0.2, 0.25) is 0 Å². The lowest BCUT2D eigenvalue weighted by Crippen LogP contribution is -2.51. The van der Waals surface area contributed by atoms with Crippen molar-refractivity contribution in [2.45, 2.75) is 49.1 Å². The van der Waals surface area contributed by atoms with Gasteiger partial charge < -0.3 is 15.5 Å². The predicted molar refractivity (Wildman–Crippen MR) is 91.1 cm³/mol. The highest BCUT2D eigenvalue weighted by atomic mass is 32.2. The second-order valence-corrected chi connectivity index (χ2v) is 8.00. The van der Waals surface area contributed by atoms with E-state index in [0.717, 1.165) is 25.9 Å². The van der Waals surface area contributed by atoms with Gasteiger partial charge in [-0.2, -0.15) is 0 Å². The van der Waals surface area contributed by atoms with Crippen molar-refractivity contribution in [1.82, 2.24) is 9.80 Å². The molecule has 0 aromatic carbocycles. The Labute approximate surface area is 142 Å². The minimum atomic E-state index is -0.341. The summed E-state index contributed by atoms with van der Waals surface area (Å²) in [5.74, 6) is 0.100. The summed E-state index contributed by atoms with van der Waals surface area (Å²) in [7, 11) is 2.08. The molecule has 0 radical (unpaired) electrons. The molecular weight excluding hydrogens is 314 g/mol. The zero-order valence-corrected chi connectivity index (χ0v) is 14.9. The van der Waals surface area contributed by atoms with E-state index < -0.39 is 0 Å². The largest absolute Gasteiger partial charge is 0.326 e. The van der Waals surface area contributed by atoms with Crippen LogP contribution < -0.4 is 5.73 Å². The molecule has 130 valence electrons. The highest BCUT2D eigenvalue weighted by Crippen LogP contribution is 2.48. The Hall–Kier alpha value is -0.920. The zero-order valence-electron chi connectivity index (χ0n) is 14.0. The van der Waals surface area contributed by atoms with E-state index in [2.05, 4.69) is 11.9 Å². The first-order valence-corrected chi connectivity index (χ1v) is 9.21. The first kappa shape index (κ1) is 18.4. The van der Waals surface area contributed by atoms with E-state index >= 15 is 0 Å². The molecule has 1 spiro atoms. The summed E-state index contributed by atoms with van der Waals surface area (Å²) in [5.41, 5.74) is 5.40. The minimum Gasteiger partial charge on any atom is -0.326 e. The Kier molecular flexibility index (Phi) is 6.22. The van der Waals surface area contributed by atoms with Crippen LogP contribution in [0, 0.1) is 0 Å². The van der Waals surface area contributed by atoms with Crippen molar-refractivity contribution in [1.29, 1.82) is 0 Å². The maximum Gasteiger partial charge on any atom is 0.237 e. The fraction of sp³-hybridized carbons (Fsp3) is 0.812. The van der Waals surface area contributed by atoms with Gasteiger partial charge in [0.05, 0.1) is 16.7 Å². The second kappa shape index (κ2) is 7.77. The van der Waals surface area contributed by atoms with Gasteiger partial charge in [-0.05, 0) is 19.9 Å². The third kappa shape index (κ3) is 4.14. The molecular formula is C16H27N3O3S. The van der Waals surface area contributed by atoms with Crippen LogP contribution in [-0.2, 0) is 14.4 Å². The van der Waals surface area contributed by atoms with Crippen LogP contribution in [0.5, 0.6) is 0 Å². The maximum atomic E-state index is 12.8. The molecule has 7 heteroatoms. The molecule has 0 aromatic rings. The molecule has 0 saturated carbocycles. The minimum absolute atomic E-state index is 0.00487. The van der Waals surface area contributed by atoms with Crippen LogP contribution in [0.25, 0.3) is 0 Å². The smallest absolute Gasteiger partial charge is 0.237 e. The Balaban J connectivity index is 2.13. The maximum absolute atomic E-state index is 12.8. The Morgan fingerprint density at radius 3 is 2.52 bits per heavy atom. The van der Waals surface area contributed by atoms with Gasteiger partial charge in [-0.25, -0.2) is 0 Å². The van der Waals surface area contributed by atoms with E-state index in [1.54, 1.807) is 11.8 Å². The number of amides is 1. The molecule has 2 fully saturated rings. The number of ketones is 2. The van der Waals surface area contributed by atoms with Gasteiger partial charge in [-0.3, -0.25) is 14.4 Å². The molecule has 1 amide bonds.